The lowest BCUT2D eigenvalue weighted by atomic mass is 9.85. The molecule has 1 aliphatic rings. The van der Waals surface area contributed by atoms with Crippen molar-refractivity contribution in [2.45, 2.75) is 32.7 Å². The van der Waals surface area contributed by atoms with Crippen LogP contribution in [-0.4, -0.2) is 26.1 Å². The van der Waals surface area contributed by atoms with Crippen LogP contribution in [0.2, 0.25) is 0 Å². The minimum absolute atomic E-state index is 0.182. The fourth-order valence-electron chi connectivity index (χ4n) is 3.77. The van der Waals surface area contributed by atoms with Gasteiger partial charge in [0.15, 0.2) is 0 Å². The van der Waals surface area contributed by atoms with Crippen LogP contribution >= 0.6 is 0 Å². The summed E-state index contributed by atoms with van der Waals surface area (Å²) in [6, 6.07) is 17.9. The van der Waals surface area contributed by atoms with Crippen LogP contribution in [0.4, 0.5) is 5.69 Å². The lowest BCUT2D eigenvalue weighted by Gasteiger charge is -2.30. The van der Waals surface area contributed by atoms with Gasteiger partial charge in [0.2, 0.25) is 5.91 Å². The summed E-state index contributed by atoms with van der Waals surface area (Å²) in [7, 11) is 1.65. The third kappa shape index (κ3) is 5.33. The Labute approximate surface area is 162 Å². The lowest BCUT2D eigenvalue weighted by Crippen LogP contribution is -2.37. The minimum atomic E-state index is 0.182. The molecule has 1 amide bonds. The quantitative estimate of drug-likeness (QED) is 0.796. The van der Waals surface area contributed by atoms with E-state index < -0.39 is 0 Å². The number of nitrogens with zero attached hydrogens (tertiary/aromatic N) is 1. The second-order valence-electron chi connectivity index (χ2n) is 7.45. The molecule has 144 valence electrons. The first kappa shape index (κ1) is 19.4. The van der Waals surface area contributed by atoms with E-state index in [2.05, 4.69) is 24.4 Å². The Balaban J connectivity index is 1.76. The number of methoxy groups -OCH3 is 1. The molecule has 2 atom stereocenters. The van der Waals surface area contributed by atoms with Crippen LogP contribution < -0.4 is 15.0 Å². The molecule has 0 aromatic heterocycles. The topological polar surface area (TPSA) is 41.6 Å². The number of rotatable bonds is 7. The summed E-state index contributed by atoms with van der Waals surface area (Å²) in [5.74, 6) is 1.94. The van der Waals surface area contributed by atoms with Gasteiger partial charge in [0.25, 0.3) is 0 Å². The van der Waals surface area contributed by atoms with Gasteiger partial charge in [0, 0.05) is 12.1 Å². The number of nitrogens with one attached hydrogen (secondary N) is 1. The van der Waals surface area contributed by atoms with Crippen molar-refractivity contribution in [3.05, 3.63) is 60.2 Å². The molecular weight excluding hydrogens is 336 g/mol. The van der Waals surface area contributed by atoms with E-state index >= 15 is 0 Å². The van der Waals surface area contributed by atoms with Gasteiger partial charge in [0.1, 0.15) is 5.75 Å². The Bertz CT molecular complexity index is 709. The van der Waals surface area contributed by atoms with Crippen LogP contribution in [0.3, 0.4) is 0 Å². The molecule has 1 saturated heterocycles. The Morgan fingerprint density at radius 2 is 1.93 bits per heavy atom. The maximum Gasteiger partial charge on any atom is 0.227 e. The molecule has 1 fully saturated rings. The molecule has 1 aliphatic heterocycles. The average molecular weight is 367 g/mol. The van der Waals surface area contributed by atoms with E-state index in [1.807, 2.05) is 47.4 Å². The molecule has 0 aliphatic carbocycles. The lowest BCUT2D eigenvalue weighted by molar-refractivity contribution is -0.120. The van der Waals surface area contributed by atoms with E-state index in [0.29, 0.717) is 24.8 Å². The Hall–Kier alpha value is -2.33. The predicted octanol–water partition coefficient (Wildman–Crippen LogP) is 4.25. The molecule has 0 radical (unpaired) electrons. The number of anilines is 1. The molecule has 0 saturated carbocycles. The highest BCUT2D eigenvalue weighted by molar-refractivity contribution is 5.93. The van der Waals surface area contributed by atoms with Crippen LogP contribution in [0.5, 0.6) is 5.75 Å². The maximum absolute atomic E-state index is 13.2. The first-order chi connectivity index (χ1) is 13.2. The fourth-order valence-corrected chi connectivity index (χ4v) is 3.77. The number of carbonyl (C=O) groups excluding carboxylic acids is 1. The third-order valence-electron chi connectivity index (χ3n) is 5.50. The van der Waals surface area contributed by atoms with Crippen LogP contribution in [0.1, 0.15) is 31.7 Å². The van der Waals surface area contributed by atoms with Crippen molar-refractivity contribution < 1.29 is 9.53 Å². The van der Waals surface area contributed by atoms with Crippen molar-refractivity contribution in [2.75, 3.05) is 25.1 Å². The molecule has 2 aromatic carbocycles. The zero-order valence-corrected chi connectivity index (χ0v) is 16.4. The molecule has 0 bridgehead atoms. The van der Waals surface area contributed by atoms with Gasteiger partial charge >= 0.3 is 0 Å². The Morgan fingerprint density at radius 1 is 1.19 bits per heavy atom. The molecule has 27 heavy (non-hydrogen) atoms. The van der Waals surface area contributed by atoms with E-state index in [9.17, 15) is 4.79 Å². The highest BCUT2D eigenvalue weighted by atomic mass is 16.5. The molecule has 4 heteroatoms. The number of benzene rings is 2. The predicted molar refractivity (Wildman–Crippen MR) is 110 cm³/mol. The standard InChI is InChI=1S/C23H30N2O2/c1-18(20-9-6-14-24-16-20)15-23(26)25(17-19-7-4-3-5-8-19)21-10-12-22(27-2)13-11-21/h3-5,7-8,10-13,18,20,24H,6,9,14-17H2,1-2H3. The van der Waals surface area contributed by atoms with Crippen LogP contribution in [0.15, 0.2) is 54.6 Å². The normalized spacial score (nSPS) is 17.9. The molecule has 1 heterocycles. The number of ether oxygens (including phenoxy) is 1. The molecule has 2 unspecified atom stereocenters. The molecule has 1 N–H and O–H groups in total. The van der Waals surface area contributed by atoms with Crippen molar-refractivity contribution in [3.63, 3.8) is 0 Å². The second-order valence-corrected chi connectivity index (χ2v) is 7.45. The van der Waals surface area contributed by atoms with Crippen LogP contribution in [-0.2, 0) is 11.3 Å². The van der Waals surface area contributed by atoms with Crippen LogP contribution in [0, 0.1) is 11.8 Å². The smallest absolute Gasteiger partial charge is 0.227 e. The largest absolute Gasteiger partial charge is 0.497 e. The fraction of sp³-hybridized carbons (Fsp3) is 0.435. The summed E-state index contributed by atoms with van der Waals surface area (Å²) in [5, 5.41) is 3.46. The third-order valence-corrected chi connectivity index (χ3v) is 5.50. The molecule has 3 rings (SSSR count). The van der Waals surface area contributed by atoms with Gasteiger partial charge in [-0.1, -0.05) is 37.3 Å². The first-order valence-corrected chi connectivity index (χ1v) is 9.86. The van der Waals surface area contributed by atoms with Gasteiger partial charge in [-0.15, -0.1) is 0 Å². The maximum atomic E-state index is 13.2. The zero-order valence-electron chi connectivity index (χ0n) is 16.4. The van der Waals surface area contributed by atoms with E-state index in [1.54, 1.807) is 7.11 Å². The Kier molecular flexibility index (Phi) is 6.88. The molecular formula is C23H30N2O2. The van der Waals surface area contributed by atoms with E-state index in [4.69, 9.17) is 4.74 Å². The highest BCUT2D eigenvalue weighted by Crippen LogP contribution is 2.27. The van der Waals surface area contributed by atoms with Gasteiger partial charge in [-0.05, 0) is 67.6 Å². The van der Waals surface area contributed by atoms with E-state index in [-0.39, 0.29) is 5.91 Å². The summed E-state index contributed by atoms with van der Waals surface area (Å²) in [6.07, 6.45) is 2.99. The van der Waals surface area contributed by atoms with Gasteiger partial charge in [-0.25, -0.2) is 0 Å². The van der Waals surface area contributed by atoms with E-state index in [0.717, 1.165) is 30.1 Å². The highest BCUT2D eigenvalue weighted by Gasteiger charge is 2.25. The summed E-state index contributed by atoms with van der Waals surface area (Å²) < 4.78 is 5.26. The van der Waals surface area contributed by atoms with Gasteiger partial charge in [-0.2, -0.15) is 0 Å². The number of hydrogen-bond acceptors (Lipinski definition) is 3. The molecule has 4 nitrogen and oxygen atoms in total. The average Bonchev–Trinajstić information content (AvgIpc) is 2.73. The minimum Gasteiger partial charge on any atom is -0.497 e. The number of carbonyl (C=O) groups is 1. The Morgan fingerprint density at radius 3 is 2.56 bits per heavy atom. The summed E-state index contributed by atoms with van der Waals surface area (Å²) in [6.45, 7) is 4.92. The van der Waals surface area contributed by atoms with Crippen molar-refractivity contribution in [1.29, 1.82) is 0 Å². The second kappa shape index (κ2) is 9.56. The first-order valence-electron chi connectivity index (χ1n) is 9.86. The van der Waals surface area contributed by atoms with Crippen molar-refractivity contribution in [2.24, 2.45) is 11.8 Å². The van der Waals surface area contributed by atoms with Crippen LogP contribution in [0.25, 0.3) is 0 Å². The molecule has 2 aromatic rings. The van der Waals surface area contributed by atoms with Crippen molar-refractivity contribution in [1.82, 2.24) is 5.32 Å². The zero-order chi connectivity index (χ0) is 19.1. The number of piperidine rings is 1. The van der Waals surface area contributed by atoms with E-state index in [1.165, 1.54) is 12.8 Å². The van der Waals surface area contributed by atoms with Crippen molar-refractivity contribution >= 4 is 11.6 Å². The van der Waals surface area contributed by atoms with Gasteiger partial charge in [-0.3, -0.25) is 4.79 Å². The number of hydrogen-bond donors (Lipinski definition) is 1. The summed E-state index contributed by atoms with van der Waals surface area (Å²) in [5.41, 5.74) is 2.05. The summed E-state index contributed by atoms with van der Waals surface area (Å²) >= 11 is 0. The summed E-state index contributed by atoms with van der Waals surface area (Å²) in [4.78, 5) is 15.1. The SMILES string of the molecule is COc1ccc(N(Cc2ccccc2)C(=O)CC(C)C2CCCNC2)cc1. The van der Waals surface area contributed by atoms with Gasteiger partial charge in [0.05, 0.1) is 13.7 Å². The molecule has 0 spiro atoms. The van der Waals surface area contributed by atoms with Gasteiger partial charge < -0.3 is 15.0 Å². The van der Waals surface area contributed by atoms with Crippen molar-refractivity contribution in [3.8, 4) is 5.75 Å². The monoisotopic (exact) mass is 366 g/mol. The number of amides is 1.